The third kappa shape index (κ3) is 5.89. The third-order valence-electron chi connectivity index (χ3n) is 10.4. The molecule has 42 heavy (non-hydrogen) atoms. The second-order valence-electron chi connectivity index (χ2n) is 14.0. The predicted octanol–water partition coefficient (Wildman–Crippen LogP) is 5.46. The van der Waals surface area contributed by atoms with Gasteiger partial charge in [0, 0.05) is 60.8 Å². The molecule has 1 aliphatic carbocycles. The topological polar surface area (TPSA) is 88.8 Å². The molecule has 226 valence electrons. The van der Waals surface area contributed by atoms with Gasteiger partial charge >= 0.3 is 0 Å². The van der Waals surface area contributed by atoms with Crippen LogP contribution in [0, 0.1) is 41.9 Å². The molecule has 0 radical (unpaired) electrons. The number of hydrogen-bond acceptors (Lipinski definition) is 6. The van der Waals surface area contributed by atoms with E-state index in [-0.39, 0.29) is 35.0 Å². The summed E-state index contributed by atoms with van der Waals surface area (Å²) in [5.74, 6) is 1.46. The molecule has 1 saturated carbocycles. The summed E-state index contributed by atoms with van der Waals surface area (Å²) >= 11 is 0. The summed E-state index contributed by atoms with van der Waals surface area (Å²) in [5.41, 5.74) is 3.91. The van der Waals surface area contributed by atoms with Crippen molar-refractivity contribution in [1.82, 2.24) is 10.2 Å². The number of benzene rings is 2. The second kappa shape index (κ2) is 11.9. The van der Waals surface area contributed by atoms with E-state index in [1.807, 2.05) is 38.1 Å². The smallest absolute Gasteiger partial charge is 0.251 e. The molecule has 0 bridgehead atoms. The van der Waals surface area contributed by atoms with Crippen molar-refractivity contribution in [2.24, 2.45) is 16.7 Å². The molecule has 0 spiro atoms. The Morgan fingerprint density at radius 1 is 0.952 bits per heavy atom. The normalized spacial score (nSPS) is 24.5. The third-order valence-corrected chi connectivity index (χ3v) is 10.4. The van der Waals surface area contributed by atoms with E-state index >= 15 is 0 Å². The summed E-state index contributed by atoms with van der Waals surface area (Å²) in [5, 5.41) is 22.5. The number of rotatable bonds is 7. The molecule has 2 heterocycles. The molecule has 2 aromatic carbocycles. The fourth-order valence-electron chi connectivity index (χ4n) is 7.85. The Hall–Kier alpha value is -3.08. The Balaban J connectivity index is 1.15. The number of likely N-dealkylation sites (tertiary alicyclic amines) is 1. The number of amides is 1. The summed E-state index contributed by atoms with van der Waals surface area (Å²) in [6.45, 7) is 17.8. The van der Waals surface area contributed by atoms with Gasteiger partial charge in [-0.25, -0.2) is 0 Å². The number of aliphatic hydroxyl groups is 1. The van der Waals surface area contributed by atoms with E-state index in [2.05, 4.69) is 61.0 Å². The maximum atomic E-state index is 13.4. The fourth-order valence-corrected chi connectivity index (χ4v) is 7.85. The number of nitrogens with one attached hydrogen (secondary N) is 1. The number of aliphatic hydroxyl groups excluding tert-OH is 1. The summed E-state index contributed by atoms with van der Waals surface area (Å²) in [7, 11) is 0. The number of carbonyl (C=O) groups excluding carboxylic acids is 1. The van der Waals surface area contributed by atoms with Gasteiger partial charge in [0.25, 0.3) is 5.91 Å². The van der Waals surface area contributed by atoms with Crippen LogP contribution in [-0.2, 0) is 0 Å². The monoisotopic (exact) mass is 572 g/mol. The molecule has 2 N–H and O–H groups in total. The minimum absolute atomic E-state index is 0.0517. The molecule has 2 aromatic rings. The van der Waals surface area contributed by atoms with E-state index < -0.39 is 0 Å². The number of ether oxygens (including phenoxy) is 1. The number of nitrogens with zero attached hydrogens (tertiary/aromatic N) is 3. The zero-order valence-corrected chi connectivity index (χ0v) is 26.2. The van der Waals surface area contributed by atoms with E-state index in [4.69, 9.17) is 4.74 Å². The average molecular weight is 573 g/mol. The highest BCUT2D eigenvalue weighted by molar-refractivity contribution is 5.95. The SMILES string of the molecule is Cc1c(C#N)ccc(OC2C(C)(C)C(NC(=O)c3ccc(N4CCC(CN5CCC(O)CC5)CC4)cc3)C2(C)C)c1C. The first-order valence-corrected chi connectivity index (χ1v) is 15.6. The highest BCUT2D eigenvalue weighted by Crippen LogP contribution is 2.55. The number of piperidine rings is 2. The van der Waals surface area contributed by atoms with E-state index in [1.165, 1.54) is 18.5 Å². The van der Waals surface area contributed by atoms with E-state index in [0.29, 0.717) is 17.0 Å². The van der Waals surface area contributed by atoms with Gasteiger partial charge < -0.3 is 25.0 Å². The molecule has 3 aliphatic rings. The van der Waals surface area contributed by atoms with Crippen LogP contribution in [0.4, 0.5) is 5.69 Å². The number of carbonyl (C=O) groups is 1. The van der Waals surface area contributed by atoms with Crippen LogP contribution < -0.4 is 15.0 Å². The van der Waals surface area contributed by atoms with E-state index in [1.54, 1.807) is 0 Å². The zero-order valence-electron chi connectivity index (χ0n) is 26.2. The molecular formula is C35H48N4O3. The first-order chi connectivity index (χ1) is 19.9. The van der Waals surface area contributed by atoms with Crippen molar-refractivity contribution in [2.75, 3.05) is 37.6 Å². The number of anilines is 1. The minimum atomic E-state index is -0.272. The van der Waals surface area contributed by atoms with Crippen molar-refractivity contribution in [2.45, 2.75) is 85.5 Å². The van der Waals surface area contributed by atoms with Gasteiger partial charge in [0.1, 0.15) is 11.9 Å². The fraction of sp³-hybridized carbons (Fsp3) is 0.600. The van der Waals surface area contributed by atoms with Crippen LogP contribution in [0.1, 0.15) is 80.4 Å². The predicted molar refractivity (Wildman–Crippen MR) is 167 cm³/mol. The van der Waals surface area contributed by atoms with Gasteiger partial charge in [-0.3, -0.25) is 4.79 Å². The van der Waals surface area contributed by atoms with Gasteiger partial charge in [-0.1, -0.05) is 27.7 Å². The Morgan fingerprint density at radius 3 is 2.17 bits per heavy atom. The zero-order chi connectivity index (χ0) is 30.2. The quantitative estimate of drug-likeness (QED) is 0.458. The van der Waals surface area contributed by atoms with Crippen LogP contribution in [0.3, 0.4) is 0 Å². The van der Waals surface area contributed by atoms with Gasteiger partial charge in [-0.05, 0) is 93.0 Å². The van der Waals surface area contributed by atoms with Crippen molar-refractivity contribution >= 4 is 11.6 Å². The summed E-state index contributed by atoms with van der Waals surface area (Å²) < 4.78 is 6.57. The minimum Gasteiger partial charge on any atom is -0.489 e. The molecule has 7 heteroatoms. The molecule has 5 rings (SSSR count). The highest BCUT2D eigenvalue weighted by Gasteiger charge is 2.64. The molecular weight excluding hydrogens is 524 g/mol. The molecule has 0 unspecified atom stereocenters. The van der Waals surface area contributed by atoms with Crippen LogP contribution >= 0.6 is 0 Å². The number of hydrogen-bond donors (Lipinski definition) is 2. The van der Waals surface area contributed by atoms with Gasteiger partial charge in [-0.15, -0.1) is 0 Å². The standard InChI is InChI=1S/C35H48N4O3/c1-23-24(2)30(12-9-27(23)21-36)42-33-34(3,4)32(35(33,5)6)37-31(41)26-7-10-28(11-8-26)39-19-13-25(14-20-39)22-38-17-15-29(40)16-18-38/h7-12,25,29,32-33,40H,13-20,22H2,1-6H3,(H,37,41). The van der Waals surface area contributed by atoms with Gasteiger partial charge in [0.15, 0.2) is 0 Å². The Morgan fingerprint density at radius 2 is 1.57 bits per heavy atom. The largest absolute Gasteiger partial charge is 0.489 e. The Labute approximate surface area is 251 Å². The van der Waals surface area contributed by atoms with E-state index in [0.717, 1.165) is 62.4 Å². The maximum absolute atomic E-state index is 13.4. The first-order valence-electron chi connectivity index (χ1n) is 15.6. The summed E-state index contributed by atoms with van der Waals surface area (Å²) in [4.78, 5) is 18.3. The van der Waals surface area contributed by atoms with Crippen LogP contribution in [0.5, 0.6) is 5.75 Å². The van der Waals surface area contributed by atoms with Crippen LogP contribution in [-0.4, -0.2) is 66.9 Å². The lowest BCUT2D eigenvalue weighted by Gasteiger charge is -2.63. The first kappa shape index (κ1) is 30.4. The van der Waals surface area contributed by atoms with Gasteiger partial charge in [0.05, 0.1) is 17.7 Å². The lowest BCUT2D eigenvalue weighted by atomic mass is 9.49. The summed E-state index contributed by atoms with van der Waals surface area (Å²) in [6, 6.07) is 14.0. The van der Waals surface area contributed by atoms with Crippen LogP contribution in [0.15, 0.2) is 36.4 Å². The van der Waals surface area contributed by atoms with Crippen molar-refractivity contribution in [1.29, 1.82) is 5.26 Å². The van der Waals surface area contributed by atoms with E-state index in [9.17, 15) is 15.2 Å². The van der Waals surface area contributed by atoms with Crippen molar-refractivity contribution in [3.05, 3.63) is 58.7 Å². The molecule has 0 atom stereocenters. The lowest BCUT2D eigenvalue weighted by Crippen LogP contribution is -2.74. The van der Waals surface area contributed by atoms with Crippen LogP contribution in [0.2, 0.25) is 0 Å². The maximum Gasteiger partial charge on any atom is 0.251 e. The molecule has 2 saturated heterocycles. The molecule has 3 fully saturated rings. The van der Waals surface area contributed by atoms with Crippen molar-refractivity contribution in [3.63, 3.8) is 0 Å². The molecule has 1 amide bonds. The molecule has 2 aliphatic heterocycles. The Kier molecular flexibility index (Phi) is 8.60. The van der Waals surface area contributed by atoms with Crippen molar-refractivity contribution in [3.8, 4) is 11.8 Å². The molecule has 7 nitrogen and oxygen atoms in total. The van der Waals surface area contributed by atoms with Crippen molar-refractivity contribution < 1.29 is 14.6 Å². The van der Waals surface area contributed by atoms with Crippen LogP contribution in [0.25, 0.3) is 0 Å². The summed E-state index contributed by atoms with van der Waals surface area (Å²) in [6.07, 6.45) is 3.96. The number of nitriles is 1. The lowest BCUT2D eigenvalue weighted by molar-refractivity contribution is -0.164. The second-order valence-corrected chi connectivity index (χ2v) is 14.0. The average Bonchev–Trinajstić information content (AvgIpc) is 2.98. The van der Waals surface area contributed by atoms with Gasteiger partial charge in [0.2, 0.25) is 0 Å². The highest BCUT2D eigenvalue weighted by atomic mass is 16.5. The molecule has 0 aromatic heterocycles. The Bertz CT molecular complexity index is 1300. The van der Waals surface area contributed by atoms with Gasteiger partial charge in [-0.2, -0.15) is 5.26 Å².